The molecular formula is C15H15ClN2O3S. The number of carbonyl (C=O) groups excluding carboxylic acids is 1. The fourth-order valence-corrected chi connectivity index (χ4v) is 2.65. The lowest BCUT2D eigenvalue weighted by atomic mass is 10.2. The molecule has 0 saturated heterocycles. The van der Waals surface area contributed by atoms with E-state index in [1.165, 1.54) is 4.90 Å². The first-order valence-corrected chi connectivity index (χ1v) is 8.65. The third kappa shape index (κ3) is 4.22. The molecule has 0 radical (unpaired) electrons. The van der Waals surface area contributed by atoms with Gasteiger partial charge in [-0.05, 0) is 42.5 Å². The van der Waals surface area contributed by atoms with Gasteiger partial charge in [-0.25, -0.2) is 8.42 Å². The zero-order valence-corrected chi connectivity index (χ0v) is 13.6. The first-order chi connectivity index (χ1) is 10.3. The van der Waals surface area contributed by atoms with Gasteiger partial charge in [0.05, 0.1) is 6.26 Å². The minimum atomic E-state index is -3.32. The third-order valence-corrected chi connectivity index (χ3v) is 3.78. The zero-order chi connectivity index (χ0) is 16.3. The summed E-state index contributed by atoms with van der Waals surface area (Å²) in [6.45, 7) is 0. The Morgan fingerprint density at radius 2 is 1.77 bits per heavy atom. The number of halogens is 1. The number of hydrogen-bond donors (Lipinski definition) is 1. The highest BCUT2D eigenvalue weighted by Gasteiger charge is 2.14. The summed E-state index contributed by atoms with van der Waals surface area (Å²) in [5, 5.41) is 0.493. The molecule has 0 aromatic heterocycles. The van der Waals surface area contributed by atoms with Crippen molar-refractivity contribution < 1.29 is 13.2 Å². The van der Waals surface area contributed by atoms with Crippen LogP contribution in [0.25, 0.3) is 0 Å². The minimum Gasteiger partial charge on any atom is -0.311 e. The fourth-order valence-electron chi connectivity index (χ4n) is 1.90. The summed E-state index contributed by atoms with van der Waals surface area (Å²) in [4.78, 5) is 13.8. The van der Waals surface area contributed by atoms with Crippen molar-refractivity contribution in [3.8, 4) is 0 Å². The average Bonchev–Trinajstić information content (AvgIpc) is 2.45. The molecule has 22 heavy (non-hydrogen) atoms. The van der Waals surface area contributed by atoms with E-state index in [9.17, 15) is 13.2 Å². The van der Waals surface area contributed by atoms with E-state index in [1.54, 1.807) is 55.6 Å². The van der Waals surface area contributed by atoms with E-state index in [1.807, 2.05) is 0 Å². The molecule has 0 saturated carbocycles. The summed E-state index contributed by atoms with van der Waals surface area (Å²) in [5.74, 6) is -0.202. The van der Waals surface area contributed by atoms with E-state index in [0.717, 1.165) is 6.26 Å². The van der Waals surface area contributed by atoms with Crippen LogP contribution in [0.1, 0.15) is 10.4 Å². The molecule has 0 atom stereocenters. The highest BCUT2D eigenvalue weighted by molar-refractivity contribution is 7.92. The molecule has 0 aliphatic heterocycles. The van der Waals surface area contributed by atoms with Gasteiger partial charge in [-0.3, -0.25) is 9.52 Å². The highest BCUT2D eigenvalue weighted by atomic mass is 35.5. The molecule has 0 aliphatic carbocycles. The Hall–Kier alpha value is -2.05. The average molecular weight is 339 g/mol. The summed E-state index contributed by atoms with van der Waals surface area (Å²) < 4.78 is 24.7. The number of sulfonamides is 1. The first-order valence-electron chi connectivity index (χ1n) is 6.38. The maximum atomic E-state index is 12.4. The van der Waals surface area contributed by atoms with Crippen LogP contribution in [0.15, 0.2) is 48.5 Å². The van der Waals surface area contributed by atoms with Crippen LogP contribution in [0.4, 0.5) is 11.4 Å². The van der Waals surface area contributed by atoms with Crippen LogP contribution < -0.4 is 9.62 Å². The molecule has 2 aromatic rings. The van der Waals surface area contributed by atoms with Crippen LogP contribution in [0.3, 0.4) is 0 Å². The molecule has 5 nitrogen and oxygen atoms in total. The topological polar surface area (TPSA) is 66.5 Å². The van der Waals surface area contributed by atoms with Crippen molar-refractivity contribution in [1.82, 2.24) is 0 Å². The molecule has 116 valence electrons. The van der Waals surface area contributed by atoms with Gasteiger partial charge < -0.3 is 4.90 Å². The maximum Gasteiger partial charge on any atom is 0.258 e. The molecule has 0 spiro atoms. The smallest absolute Gasteiger partial charge is 0.258 e. The monoisotopic (exact) mass is 338 g/mol. The van der Waals surface area contributed by atoms with Crippen LogP contribution >= 0.6 is 11.6 Å². The Bertz CT molecular complexity index is 789. The molecule has 0 fully saturated rings. The Kier molecular flexibility index (Phi) is 4.73. The van der Waals surface area contributed by atoms with Crippen molar-refractivity contribution >= 4 is 38.9 Å². The molecule has 0 aliphatic rings. The predicted octanol–water partition coefficient (Wildman–Crippen LogP) is 2.99. The summed E-state index contributed by atoms with van der Waals surface area (Å²) in [7, 11) is -1.68. The zero-order valence-electron chi connectivity index (χ0n) is 12.1. The third-order valence-electron chi connectivity index (χ3n) is 2.93. The lowest BCUT2D eigenvalue weighted by molar-refractivity contribution is 0.0993. The van der Waals surface area contributed by atoms with E-state index in [-0.39, 0.29) is 5.91 Å². The SMILES string of the molecule is CN(C(=O)c1cccc(Cl)c1)c1ccc(NS(C)(=O)=O)cc1. The Morgan fingerprint density at radius 3 is 2.32 bits per heavy atom. The lowest BCUT2D eigenvalue weighted by Gasteiger charge is -2.18. The summed E-state index contributed by atoms with van der Waals surface area (Å²) in [6.07, 6.45) is 1.08. The number of hydrogen-bond acceptors (Lipinski definition) is 3. The Balaban J connectivity index is 2.19. The van der Waals surface area contributed by atoms with Crippen molar-refractivity contribution in [2.75, 3.05) is 22.9 Å². The van der Waals surface area contributed by atoms with Crippen LogP contribution in [-0.2, 0) is 10.0 Å². The van der Waals surface area contributed by atoms with Gasteiger partial charge in [0.25, 0.3) is 5.91 Å². The van der Waals surface area contributed by atoms with Crippen molar-refractivity contribution in [2.24, 2.45) is 0 Å². The standard InChI is InChI=1S/C15H15ClN2O3S/c1-18(15(19)11-4-3-5-12(16)10-11)14-8-6-13(7-9-14)17-22(2,20)21/h3-10,17H,1-2H3. The molecule has 0 heterocycles. The maximum absolute atomic E-state index is 12.4. The Labute approximate surface area is 134 Å². The van der Waals surface area contributed by atoms with Gasteiger partial charge in [0.15, 0.2) is 0 Å². The number of nitrogens with one attached hydrogen (secondary N) is 1. The minimum absolute atomic E-state index is 0.202. The van der Waals surface area contributed by atoms with Gasteiger partial charge in [-0.1, -0.05) is 17.7 Å². The van der Waals surface area contributed by atoms with Crippen LogP contribution in [-0.4, -0.2) is 27.6 Å². The number of nitrogens with zero attached hydrogens (tertiary/aromatic N) is 1. The Morgan fingerprint density at radius 1 is 1.14 bits per heavy atom. The van der Waals surface area contributed by atoms with E-state index in [4.69, 9.17) is 11.6 Å². The van der Waals surface area contributed by atoms with Crippen LogP contribution in [0.2, 0.25) is 5.02 Å². The molecule has 1 N–H and O–H groups in total. The molecule has 0 unspecified atom stereocenters. The molecule has 1 amide bonds. The second kappa shape index (κ2) is 6.37. The predicted molar refractivity (Wildman–Crippen MR) is 89.1 cm³/mol. The van der Waals surface area contributed by atoms with Crippen LogP contribution in [0, 0.1) is 0 Å². The summed E-state index contributed by atoms with van der Waals surface area (Å²) in [6, 6.07) is 13.2. The van der Waals surface area contributed by atoms with Gasteiger partial charge in [0.2, 0.25) is 10.0 Å². The van der Waals surface area contributed by atoms with E-state index >= 15 is 0 Å². The molecule has 7 heteroatoms. The second-order valence-corrected chi connectivity index (χ2v) is 6.98. The normalized spacial score (nSPS) is 11.0. The van der Waals surface area contributed by atoms with Gasteiger partial charge in [-0.15, -0.1) is 0 Å². The van der Waals surface area contributed by atoms with Crippen molar-refractivity contribution in [3.63, 3.8) is 0 Å². The van der Waals surface area contributed by atoms with Gasteiger partial charge in [0.1, 0.15) is 0 Å². The van der Waals surface area contributed by atoms with Crippen molar-refractivity contribution in [1.29, 1.82) is 0 Å². The van der Waals surface area contributed by atoms with Crippen molar-refractivity contribution in [3.05, 3.63) is 59.1 Å². The lowest BCUT2D eigenvalue weighted by Crippen LogP contribution is -2.26. The number of carbonyl (C=O) groups is 1. The molecule has 2 rings (SSSR count). The number of benzene rings is 2. The van der Waals surface area contributed by atoms with E-state index < -0.39 is 10.0 Å². The highest BCUT2D eigenvalue weighted by Crippen LogP contribution is 2.20. The van der Waals surface area contributed by atoms with Crippen LogP contribution in [0.5, 0.6) is 0 Å². The van der Waals surface area contributed by atoms with Gasteiger partial charge in [0, 0.05) is 29.0 Å². The summed E-state index contributed by atoms with van der Waals surface area (Å²) in [5.41, 5.74) is 1.56. The molecule has 2 aromatic carbocycles. The fraction of sp³-hybridized carbons (Fsp3) is 0.133. The number of anilines is 2. The first kappa shape index (κ1) is 16.3. The number of amides is 1. The number of rotatable bonds is 4. The quantitative estimate of drug-likeness (QED) is 0.932. The van der Waals surface area contributed by atoms with E-state index in [2.05, 4.69) is 4.72 Å². The second-order valence-electron chi connectivity index (χ2n) is 4.80. The van der Waals surface area contributed by atoms with Gasteiger partial charge in [-0.2, -0.15) is 0 Å². The largest absolute Gasteiger partial charge is 0.311 e. The van der Waals surface area contributed by atoms with E-state index in [0.29, 0.717) is 22.0 Å². The molecule has 0 bridgehead atoms. The van der Waals surface area contributed by atoms with Crippen molar-refractivity contribution in [2.45, 2.75) is 0 Å². The molecular weight excluding hydrogens is 324 g/mol. The summed E-state index contributed by atoms with van der Waals surface area (Å²) >= 11 is 5.89. The van der Waals surface area contributed by atoms with Gasteiger partial charge >= 0.3 is 0 Å².